The predicted molar refractivity (Wildman–Crippen MR) is 90.7 cm³/mol. The molecular weight excluding hydrogens is 272 g/mol. The Morgan fingerprint density at radius 1 is 1.05 bits per heavy atom. The van der Waals surface area contributed by atoms with E-state index in [1.807, 2.05) is 6.92 Å². The van der Waals surface area contributed by atoms with E-state index in [-0.39, 0.29) is 11.9 Å². The standard InChI is InChI=1S/C19H30N2O/c1-12(2)15-6-8-16(9-7-15)18(13(3)4)20-14(5)19(22)21-17-10-11-17/h6-9,12-14,17-18,20H,10-11H2,1-5H3,(H,21,22)/p+1/t14-,18+/m0/s1. The molecule has 0 aromatic heterocycles. The predicted octanol–water partition coefficient (Wildman–Crippen LogP) is 2.74. The molecule has 2 atom stereocenters. The molecule has 0 spiro atoms. The fraction of sp³-hybridized carbons (Fsp3) is 0.632. The van der Waals surface area contributed by atoms with Crippen molar-refractivity contribution in [2.24, 2.45) is 5.92 Å². The number of nitrogens with one attached hydrogen (secondary N) is 1. The van der Waals surface area contributed by atoms with E-state index in [1.54, 1.807) is 0 Å². The summed E-state index contributed by atoms with van der Waals surface area (Å²) in [6.07, 6.45) is 2.28. The van der Waals surface area contributed by atoms with E-state index in [0.29, 0.717) is 23.9 Å². The Balaban J connectivity index is 2.03. The third-order valence-corrected chi connectivity index (χ3v) is 4.54. The highest BCUT2D eigenvalue weighted by molar-refractivity contribution is 5.80. The number of hydrogen-bond donors (Lipinski definition) is 2. The van der Waals surface area contributed by atoms with Gasteiger partial charge in [0.05, 0.1) is 0 Å². The van der Waals surface area contributed by atoms with E-state index in [4.69, 9.17) is 0 Å². The molecule has 1 aliphatic carbocycles. The summed E-state index contributed by atoms with van der Waals surface area (Å²) in [4.78, 5) is 12.2. The second kappa shape index (κ2) is 7.28. The van der Waals surface area contributed by atoms with Crippen LogP contribution < -0.4 is 10.6 Å². The van der Waals surface area contributed by atoms with E-state index < -0.39 is 0 Å². The molecule has 1 aliphatic rings. The number of rotatable bonds is 7. The maximum Gasteiger partial charge on any atom is 0.278 e. The topological polar surface area (TPSA) is 45.7 Å². The lowest BCUT2D eigenvalue weighted by atomic mass is 9.93. The summed E-state index contributed by atoms with van der Waals surface area (Å²) in [5.41, 5.74) is 2.68. The van der Waals surface area contributed by atoms with Crippen LogP contribution in [0.4, 0.5) is 0 Å². The van der Waals surface area contributed by atoms with Gasteiger partial charge < -0.3 is 10.6 Å². The lowest BCUT2D eigenvalue weighted by molar-refractivity contribution is -0.719. The minimum Gasteiger partial charge on any atom is -0.348 e. The zero-order valence-electron chi connectivity index (χ0n) is 14.6. The molecule has 0 unspecified atom stereocenters. The smallest absolute Gasteiger partial charge is 0.278 e. The number of hydrogen-bond acceptors (Lipinski definition) is 1. The van der Waals surface area contributed by atoms with Crippen LogP contribution in [0.25, 0.3) is 0 Å². The van der Waals surface area contributed by atoms with Crippen LogP contribution >= 0.6 is 0 Å². The molecule has 3 N–H and O–H groups in total. The van der Waals surface area contributed by atoms with E-state index in [1.165, 1.54) is 11.1 Å². The number of carbonyl (C=O) groups excluding carboxylic acids is 1. The van der Waals surface area contributed by atoms with Crippen molar-refractivity contribution in [3.8, 4) is 0 Å². The molecule has 3 heteroatoms. The average molecular weight is 303 g/mol. The molecule has 122 valence electrons. The molecule has 1 saturated carbocycles. The SMILES string of the molecule is CC(C)c1ccc([C@H]([NH2+][C@@H](C)C(=O)NC2CC2)C(C)C)cc1. The number of carbonyl (C=O) groups is 1. The Kier molecular flexibility index (Phi) is 5.63. The molecule has 3 nitrogen and oxygen atoms in total. The van der Waals surface area contributed by atoms with E-state index in [0.717, 1.165) is 12.8 Å². The van der Waals surface area contributed by atoms with Crippen molar-refractivity contribution in [3.63, 3.8) is 0 Å². The van der Waals surface area contributed by atoms with Crippen molar-refractivity contribution in [1.29, 1.82) is 0 Å². The van der Waals surface area contributed by atoms with Gasteiger partial charge in [0.2, 0.25) is 0 Å². The van der Waals surface area contributed by atoms with Crippen LogP contribution in [0.15, 0.2) is 24.3 Å². The second-order valence-electron chi connectivity index (χ2n) is 7.36. The highest BCUT2D eigenvalue weighted by atomic mass is 16.2. The van der Waals surface area contributed by atoms with Crippen LogP contribution in [-0.4, -0.2) is 18.0 Å². The maximum absolute atomic E-state index is 12.2. The number of benzene rings is 1. The minimum absolute atomic E-state index is 0.0437. The zero-order valence-corrected chi connectivity index (χ0v) is 14.6. The Morgan fingerprint density at radius 2 is 1.59 bits per heavy atom. The van der Waals surface area contributed by atoms with Crippen molar-refractivity contribution < 1.29 is 10.1 Å². The van der Waals surface area contributed by atoms with Crippen molar-refractivity contribution >= 4 is 5.91 Å². The molecule has 0 aliphatic heterocycles. The summed E-state index contributed by atoms with van der Waals surface area (Å²) in [7, 11) is 0. The minimum atomic E-state index is -0.0437. The number of quaternary nitrogens is 1. The van der Waals surface area contributed by atoms with Gasteiger partial charge in [-0.1, -0.05) is 52.0 Å². The van der Waals surface area contributed by atoms with Gasteiger partial charge >= 0.3 is 0 Å². The zero-order chi connectivity index (χ0) is 16.3. The largest absolute Gasteiger partial charge is 0.348 e. The summed E-state index contributed by atoms with van der Waals surface area (Å²) in [5, 5.41) is 5.32. The highest BCUT2D eigenvalue weighted by Crippen LogP contribution is 2.22. The highest BCUT2D eigenvalue weighted by Gasteiger charge is 2.30. The summed E-state index contributed by atoms with van der Waals surface area (Å²) < 4.78 is 0. The molecule has 0 saturated heterocycles. The molecule has 22 heavy (non-hydrogen) atoms. The molecular formula is C19H31N2O+. The monoisotopic (exact) mass is 303 g/mol. The van der Waals surface area contributed by atoms with E-state index in [2.05, 4.69) is 62.6 Å². The van der Waals surface area contributed by atoms with Gasteiger partial charge in [0.1, 0.15) is 6.04 Å². The Bertz CT molecular complexity index is 489. The first-order chi connectivity index (χ1) is 10.4. The summed E-state index contributed by atoms with van der Waals surface area (Å²) in [6.45, 7) is 10.9. The van der Waals surface area contributed by atoms with E-state index >= 15 is 0 Å². The van der Waals surface area contributed by atoms with Gasteiger partial charge in [-0.15, -0.1) is 0 Å². The number of amides is 1. The van der Waals surface area contributed by atoms with Crippen LogP contribution in [0.5, 0.6) is 0 Å². The first-order valence-electron chi connectivity index (χ1n) is 8.63. The third-order valence-electron chi connectivity index (χ3n) is 4.54. The van der Waals surface area contributed by atoms with Crippen LogP contribution in [0.1, 0.15) is 70.5 Å². The first kappa shape index (κ1) is 17.0. The van der Waals surface area contributed by atoms with Crippen molar-refractivity contribution in [3.05, 3.63) is 35.4 Å². The molecule has 2 rings (SSSR count). The third kappa shape index (κ3) is 4.57. The average Bonchev–Trinajstić information content (AvgIpc) is 3.28. The first-order valence-corrected chi connectivity index (χ1v) is 8.63. The van der Waals surface area contributed by atoms with E-state index in [9.17, 15) is 4.79 Å². The van der Waals surface area contributed by atoms with Crippen molar-refractivity contribution in [1.82, 2.24) is 5.32 Å². The van der Waals surface area contributed by atoms with Gasteiger partial charge in [-0.25, -0.2) is 0 Å². The molecule has 0 radical (unpaired) electrons. The van der Waals surface area contributed by atoms with Gasteiger partial charge in [-0.05, 0) is 31.2 Å². The summed E-state index contributed by atoms with van der Waals surface area (Å²) >= 11 is 0. The lowest BCUT2D eigenvalue weighted by Gasteiger charge is -2.23. The molecule has 1 aromatic rings. The summed E-state index contributed by atoms with van der Waals surface area (Å²) in [5.74, 6) is 1.21. The Morgan fingerprint density at radius 3 is 2.05 bits per heavy atom. The molecule has 1 amide bonds. The molecule has 0 heterocycles. The van der Waals surface area contributed by atoms with Crippen LogP contribution in [-0.2, 0) is 4.79 Å². The Labute approximate surface area is 134 Å². The maximum atomic E-state index is 12.2. The van der Waals surface area contributed by atoms with Gasteiger partial charge in [0.15, 0.2) is 6.04 Å². The van der Waals surface area contributed by atoms with Gasteiger partial charge in [0, 0.05) is 17.5 Å². The normalized spacial score (nSPS) is 17.6. The van der Waals surface area contributed by atoms with Crippen molar-refractivity contribution in [2.75, 3.05) is 0 Å². The molecule has 0 bridgehead atoms. The van der Waals surface area contributed by atoms with Crippen LogP contribution in [0.3, 0.4) is 0 Å². The van der Waals surface area contributed by atoms with Gasteiger partial charge in [-0.2, -0.15) is 0 Å². The fourth-order valence-electron chi connectivity index (χ4n) is 2.78. The van der Waals surface area contributed by atoms with Gasteiger partial charge in [0.25, 0.3) is 5.91 Å². The van der Waals surface area contributed by atoms with Gasteiger partial charge in [-0.3, -0.25) is 4.79 Å². The molecule has 1 fully saturated rings. The van der Waals surface area contributed by atoms with Crippen molar-refractivity contribution in [2.45, 2.75) is 71.5 Å². The fourth-order valence-corrected chi connectivity index (χ4v) is 2.78. The summed E-state index contributed by atoms with van der Waals surface area (Å²) in [6, 6.07) is 9.60. The van der Waals surface area contributed by atoms with Crippen LogP contribution in [0, 0.1) is 5.92 Å². The quantitative estimate of drug-likeness (QED) is 0.799. The second-order valence-corrected chi connectivity index (χ2v) is 7.36. The molecule has 1 aromatic carbocycles. The Hall–Kier alpha value is -1.35. The lowest BCUT2D eigenvalue weighted by Crippen LogP contribution is -2.93. The van der Waals surface area contributed by atoms with Crippen LogP contribution in [0.2, 0.25) is 0 Å². The number of nitrogens with two attached hydrogens (primary N) is 1.